The molecule has 0 fully saturated rings. The molecule has 8 nitrogen and oxygen atoms in total. The quantitative estimate of drug-likeness (QED) is 0.319. The summed E-state index contributed by atoms with van der Waals surface area (Å²) in [6.45, 7) is 0. The SMILES string of the molecule is O=C(c1cnc2cc(-c3ccccc3Cl)nn2c1)c1cc([N+](=O)[O-])ccc1O. The second kappa shape index (κ2) is 6.75. The first kappa shape index (κ1) is 17.6. The number of phenolic OH excluding ortho intramolecular Hbond substituents is 1. The summed E-state index contributed by atoms with van der Waals surface area (Å²) >= 11 is 6.20. The second-order valence-corrected chi connectivity index (χ2v) is 6.35. The zero-order chi connectivity index (χ0) is 19.8. The van der Waals surface area contributed by atoms with Gasteiger partial charge in [0.2, 0.25) is 0 Å². The topological polar surface area (TPSA) is 111 Å². The fourth-order valence-electron chi connectivity index (χ4n) is 2.77. The molecule has 9 heteroatoms. The first-order valence-electron chi connectivity index (χ1n) is 8.06. The van der Waals surface area contributed by atoms with Crippen LogP contribution >= 0.6 is 11.6 Å². The monoisotopic (exact) mass is 394 g/mol. The Labute approximate surface area is 162 Å². The number of nitro groups is 1. The maximum Gasteiger partial charge on any atom is 0.270 e. The number of non-ortho nitro benzene ring substituents is 1. The van der Waals surface area contributed by atoms with Crippen LogP contribution in [0.2, 0.25) is 5.02 Å². The van der Waals surface area contributed by atoms with Crippen molar-refractivity contribution in [3.63, 3.8) is 0 Å². The Balaban J connectivity index is 1.76. The molecule has 0 saturated carbocycles. The molecule has 4 aromatic rings. The van der Waals surface area contributed by atoms with Crippen molar-refractivity contribution >= 4 is 28.7 Å². The lowest BCUT2D eigenvalue weighted by molar-refractivity contribution is -0.384. The summed E-state index contributed by atoms with van der Waals surface area (Å²) in [5, 5.41) is 25.8. The number of hydrogen-bond acceptors (Lipinski definition) is 6. The molecule has 2 aromatic heterocycles. The van der Waals surface area contributed by atoms with E-state index in [9.17, 15) is 20.0 Å². The first-order valence-corrected chi connectivity index (χ1v) is 8.44. The van der Waals surface area contributed by atoms with Crippen LogP contribution in [0.1, 0.15) is 15.9 Å². The summed E-state index contributed by atoms with van der Waals surface area (Å²) in [5.74, 6) is -0.960. The molecule has 138 valence electrons. The van der Waals surface area contributed by atoms with Crippen LogP contribution in [0.4, 0.5) is 5.69 Å². The van der Waals surface area contributed by atoms with Crippen molar-refractivity contribution in [2.24, 2.45) is 0 Å². The number of hydrogen-bond donors (Lipinski definition) is 1. The van der Waals surface area contributed by atoms with Crippen LogP contribution in [-0.4, -0.2) is 30.4 Å². The lowest BCUT2D eigenvalue weighted by Crippen LogP contribution is -2.05. The van der Waals surface area contributed by atoms with Gasteiger partial charge in [0.25, 0.3) is 5.69 Å². The Kier molecular flexibility index (Phi) is 4.25. The Morgan fingerprint density at radius 2 is 1.96 bits per heavy atom. The minimum Gasteiger partial charge on any atom is -0.507 e. The highest BCUT2D eigenvalue weighted by Crippen LogP contribution is 2.28. The molecular formula is C19H11ClN4O4. The van der Waals surface area contributed by atoms with Gasteiger partial charge in [0, 0.05) is 36.2 Å². The average Bonchev–Trinajstić information content (AvgIpc) is 3.11. The molecule has 0 atom stereocenters. The van der Waals surface area contributed by atoms with Gasteiger partial charge in [-0.15, -0.1) is 0 Å². The molecule has 1 N–H and O–H groups in total. The number of nitrogens with zero attached hydrogens (tertiary/aromatic N) is 4. The predicted molar refractivity (Wildman–Crippen MR) is 102 cm³/mol. The molecule has 0 radical (unpaired) electrons. The Morgan fingerprint density at radius 1 is 1.18 bits per heavy atom. The van der Waals surface area contributed by atoms with Crippen LogP contribution in [0, 0.1) is 10.1 Å². The largest absolute Gasteiger partial charge is 0.507 e. The summed E-state index contributed by atoms with van der Waals surface area (Å²) in [6.07, 6.45) is 2.78. The van der Waals surface area contributed by atoms with Gasteiger partial charge in [0.05, 0.1) is 26.8 Å². The lowest BCUT2D eigenvalue weighted by atomic mass is 10.0. The summed E-state index contributed by atoms with van der Waals surface area (Å²) in [6, 6.07) is 12.2. The van der Waals surface area contributed by atoms with E-state index < -0.39 is 10.7 Å². The fraction of sp³-hybridized carbons (Fsp3) is 0. The van der Waals surface area contributed by atoms with Gasteiger partial charge in [-0.3, -0.25) is 14.9 Å². The van der Waals surface area contributed by atoms with E-state index in [4.69, 9.17) is 11.6 Å². The Morgan fingerprint density at radius 3 is 2.71 bits per heavy atom. The lowest BCUT2D eigenvalue weighted by Gasteiger charge is -2.04. The van der Waals surface area contributed by atoms with Gasteiger partial charge >= 0.3 is 0 Å². The highest BCUT2D eigenvalue weighted by atomic mass is 35.5. The molecule has 0 aliphatic rings. The molecule has 0 aliphatic carbocycles. The number of ketones is 1. The van der Waals surface area contributed by atoms with Crippen molar-refractivity contribution < 1.29 is 14.8 Å². The number of carbonyl (C=O) groups is 1. The van der Waals surface area contributed by atoms with E-state index in [0.29, 0.717) is 16.4 Å². The first-order chi connectivity index (χ1) is 13.4. The fourth-order valence-corrected chi connectivity index (χ4v) is 3.00. The maximum absolute atomic E-state index is 12.7. The highest BCUT2D eigenvalue weighted by molar-refractivity contribution is 6.33. The highest BCUT2D eigenvalue weighted by Gasteiger charge is 2.19. The molecule has 28 heavy (non-hydrogen) atoms. The summed E-state index contributed by atoms with van der Waals surface area (Å²) in [5.41, 5.74) is 1.44. The number of aromatic nitrogens is 3. The summed E-state index contributed by atoms with van der Waals surface area (Å²) in [4.78, 5) is 27.2. The third-order valence-electron chi connectivity index (χ3n) is 4.16. The Hall–Kier alpha value is -3.78. The zero-order valence-electron chi connectivity index (χ0n) is 14.1. The van der Waals surface area contributed by atoms with Crippen molar-refractivity contribution in [1.82, 2.24) is 14.6 Å². The standard InChI is InChI=1S/C19H11ClN4O4/c20-15-4-2-1-3-13(15)16-8-18-21-9-11(10-23(18)22-16)19(26)14-7-12(24(27)28)5-6-17(14)25/h1-10,25H. The molecule has 4 rings (SSSR count). The molecule has 0 aliphatic heterocycles. The van der Waals surface area contributed by atoms with E-state index in [1.807, 2.05) is 18.2 Å². The van der Waals surface area contributed by atoms with E-state index in [1.165, 1.54) is 16.9 Å². The Bertz CT molecular complexity index is 1250. The van der Waals surface area contributed by atoms with E-state index in [2.05, 4.69) is 10.1 Å². The van der Waals surface area contributed by atoms with Crippen molar-refractivity contribution in [3.05, 3.63) is 87.2 Å². The third-order valence-corrected chi connectivity index (χ3v) is 4.49. The molecule has 2 aromatic carbocycles. The van der Waals surface area contributed by atoms with Crippen molar-refractivity contribution in [2.75, 3.05) is 0 Å². The van der Waals surface area contributed by atoms with E-state index in [1.54, 1.807) is 12.1 Å². The number of aromatic hydroxyl groups is 1. The van der Waals surface area contributed by atoms with Crippen molar-refractivity contribution in [3.8, 4) is 17.0 Å². The normalized spacial score (nSPS) is 10.9. The molecule has 0 spiro atoms. The van der Waals surface area contributed by atoms with Crippen LogP contribution in [0.25, 0.3) is 16.9 Å². The number of nitro benzene ring substituents is 1. The average molecular weight is 395 g/mol. The van der Waals surface area contributed by atoms with Crippen LogP contribution in [0.5, 0.6) is 5.75 Å². The van der Waals surface area contributed by atoms with Crippen LogP contribution < -0.4 is 0 Å². The number of halogens is 1. The number of carbonyl (C=O) groups excluding carboxylic acids is 1. The predicted octanol–water partition coefficient (Wildman–Crippen LogP) is 3.89. The summed E-state index contributed by atoms with van der Waals surface area (Å²) < 4.78 is 1.42. The van der Waals surface area contributed by atoms with Crippen LogP contribution in [0.3, 0.4) is 0 Å². The third kappa shape index (κ3) is 3.06. The minimum atomic E-state index is -0.638. The van der Waals surface area contributed by atoms with Gasteiger partial charge in [-0.1, -0.05) is 29.8 Å². The van der Waals surface area contributed by atoms with Crippen LogP contribution in [-0.2, 0) is 0 Å². The molecule has 2 heterocycles. The van der Waals surface area contributed by atoms with E-state index in [0.717, 1.165) is 23.8 Å². The second-order valence-electron chi connectivity index (χ2n) is 5.94. The smallest absolute Gasteiger partial charge is 0.270 e. The van der Waals surface area contributed by atoms with Gasteiger partial charge in [-0.2, -0.15) is 5.10 Å². The van der Waals surface area contributed by atoms with E-state index in [-0.39, 0.29) is 22.6 Å². The van der Waals surface area contributed by atoms with Crippen LogP contribution in [0.15, 0.2) is 60.9 Å². The number of phenols is 1. The summed E-state index contributed by atoms with van der Waals surface area (Å²) in [7, 11) is 0. The van der Waals surface area contributed by atoms with Gasteiger partial charge in [0.15, 0.2) is 11.4 Å². The van der Waals surface area contributed by atoms with Gasteiger partial charge in [-0.25, -0.2) is 9.50 Å². The molecule has 0 saturated heterocycles. The van der Waals surface area contributed by atoms with Gasteiger partial charge < -0.3 is 5.11 Å². The zero-order valence-corrected chi connectivity index (χ0v) is 14.9. The number of fused-ring (bicyclic) bond motifs is 1. The van der Waals surface area contributed by atoms with E-state index >= 15 is 0 Å². The van der Waals surface area contributed by atoms with Crippen molar-refractivity contribution in [1.29, 1.82) is 0 Å². The number of benzene rings is 2. The van der Waals surface area contributed by atoms with Crippen molar-refractivity contribution in [2.45, 2.75) is 0 Å². The molecular weight excluding hydrogens is 384 g/mol. The molecule has 0 unspecified atom stereocenters. The molecule has 0 amide bonds. The van der Waals surface area contributed by atoms with Gasteiger partial charge in [-0.05, 0) is 12.1 Å². The minimum absolute atomic E-state index is 0.122. The van der Waals surface area contributed by atoms with Gasteiger partial charge in [0.1, 0.15) is 5.75 Å². The molecule has 0 bridgehead atoms. The number of rotatable bonds is 4. The maximum atomic E-state index is 12.7.